The summed E-state index contributed by atoms with van der Waals surface area (Å²) in [7, 11) is 0. The SMILES string of the molecule is CCOC(=O)N1[C@H](C)[C@@H]2C=C[C@H]1CC2. The van der Waals surface area contributed by atoms with E-state index in [-0.39, 0.29) is 12.1 Å². The normalized spacial score (nSPS) is 34.7. The number of amides is 1. The third-order valence-electron chi connectivity index (χ3n) is 3.27. The van der Waals surface area contributed by atoms with Crippen molar-refractivity contribution in [1.29, 1.82) is 0 Å². The van der Waals surface area contributed by atoms with Crippen LogP contribution >= 0.6 is 0 Å². The maximum absolute atomic E-state index is 11.7. The Morgan fingerprint density at radius 2 is 2.29 bits per heavy atom. The Morgan fingerprint density at radius 3 is 2.79 bits per heavy atom. The standard InChI is InChI=1S/C11H17NO2/c1-3-14-11(13)12-8(2)9-4-6-10(12)7-5-9/h4,6,8-10H,3,5,7H2,1-2H3/t8-,9-,10+/m1/s1. The van der Waals surface area contributed by atoms with Gasteiger partial charge in [0, 0.05) is 6.04 Å². The second-order valence-electron chi connectivity index (χ2n) is 4.04. The zero-order valence-corrected chi connectivity index (χ0v) is 8.77. The minimum atomic E-state index is -0.154. The summed E-state index contributed by atoms with van der Waals surface area (Å²) in [6.07, 6.45) is 6.53. The van der Waals surface area contributed by atoms with E-state index in [2.05, 4.69) is 19.1 Å². The van der Waals surface area contributed by atoms with Crippen LogP contribution in [0.2, 0.25) is 0 Å². The Kier molecular flexibility index (Phi) is 2.48. The van der Waals surface area contributed by atoms with Crippen molar-refractivity contribution in [3.05, 3.63) is 12.2 Å². The molecule has 2 aliphatic heterocycles. The Hall–Kier alpha value is -0.990. The number of piperidine rings is 1. The fourth-order valence-electron chi connectivity index (χ4n) is 2.47. The molecule has 2 bridgehead atoms. The van der Waals surface area contributed by atoms with Crippen LogP contribution in [0.1, 0.15) is 26.7 Å². The molecular weight excluding hydrogens is 178 g/mol. The number of hydrogen-bond acceptors (Lipinski definition) is 2. The van der Waals surface area contributed by atoms with Crippen molar-refractivity contribution in [1.82, 2.24) is 4.90 Å². The highest BCUT2D eigenvalue weighted by Gasteiger charge is 2.39. The van der Waals surface area contributed by atoms with Gasteiger partial charge in [0.05, 0.1) is 12.6 Å². The molecule has 1 amide bonds. The average molecular weight is 195 g/mol. The lowest BCUT2D eigenvalue weighted by molar-refractivity contribution is 0.0456. The molecule has 0 N–H and O–H groups in total. The van der Waals surface area contributed by atoms with Gasteiger partial charge in [-0.25, -0.2) is 4.79 Å². The number of ether oxygens (including phenoxy) is 1. The van der Waals surface area contributed by atoms with Gasteiger partial charge in [-0.1, -0.05) is 12.2 Å². The number of carbonyl (C=O) groups excluding carboxylic acids is 1. The van der Waals surface area contributed by atoms with Crippen LogP contribution in [0.5, 0.6) is 0 Å². The van der Waals surface area contributed by atoms with Crippen LogP contribution in [0.25, 0.3) is 0 Å². The van der Waals surface area contributed by atoms with Gasteiger partial charge in [0.2, 0.25) is 0 Å². The van der Waals surface area contributed by atoms with E-state index < -0.39 is 0 Å². The molecule has 0 spiro atoms. The van der Waals surface area contributed by atoms with Crippen molar-refractivity contribution in [2.75, 3.05) is 6.61 Å². The molecule has 3 rings (SSSR count). The third-order valence-corrected chi connectivity index (χ3v) is 3.27. The van der Waals surface area contributed by atoms with Crippen molar-refractivity contribution in [3.8, 4) is 0 Å². The lowest BCUT2D eigenvalue weighted by Crippen LogP contribution is -2.54. The maximum Gasteiger partial charge on any atom is 0.410 e. The summed E-state index contributed by atoms with van der Waals surface area (Å²) in [5.74, 6) is 0.532. The van der Waals surface area contributed by atoms with Gasteiger partial charge in [-0.2, -0.15) is 0 Å². The van der Waals surface area contributed by atoms with Gasteiger partial charge < -0.3 is 4.74 Å². The van der Waals surface area contributed by atoms with Crippen molar-refractivity contribution in [2.45, 2.75) is 38.8 Å². The van der Waals surface area contributed by atoms with Crippen molar-refractivity contribution in [3.63, 3.8) is 0 Å². The first-order chi connectivity index (χ1) is 6.74. The molecule has 0 aromatic carbocycles. The highest BCUT2D eigenvalue weighted by Crippen LogP contribution is 2.34. The number of nitrogens with zero attached hydrogens (tertiary/aromatic N) is 1. The zero-order valence-electron chi connectivity index (χ0n) is 8.77. The van der Waals surface area contributed by atoms with Crippen LogP contribution in [0, 0.1) is 5.92 Å². The molecule has 0 unspecified atom stereocenters. The molecule has 1 fully saturated rings. The molecule has 14 heavy (non-hydrogen) atoms. The van der Waals surface area contributed by atoms with Gasteiger partial charge in [-0.05, 0) is 32.6 Å². The van der Waals surface area contributed by atoms with Gasteiger partial charge in [-0.3, -0.25) is 4.90 Å². The monoisotopic (exact) mass is 195 g/mol. The molecule has 0 saturated carbocycles. The third kappa shape index (κ3) is 1.41. The topological polar surface area (TPSA) is 29.5 Å². The number of carbonyl (C=O) groups is 1. The Balaban J connectivity index is 2.12. The first-order valence-corrected chi connectivity index (χ1v) is 5.37. The maximum atomic E-state index is 11.7. The second kappa shape index (κ2) is 3.64. The van der Waals surface area contributed by atoms with Crippen molar-refractivity contribution >= 4 is 6.09 Å². The van der Waals surface area contributed by atoms with Crippen LogP contribution in [0.4, 0.5) is 4.79 Å². The van der Waals surface area contributed by atoms with Crippen LogP contribution in [-0.4, -0.2) is 29.7 Å². The molecule has 3 nitrogen and oxygen atoms in total. The molecule has 3 atom stereocenters. The second-order valence-corrected chi connectivity index (χ2v) is 4.04. The average Bonchev–Trinajstić information content (AvgIpc) is 2.19. The van der Waals surface area contributed by atoms with E-state index in [9.17, 15) is 4.79 Å². The van der Waals surface area contributed by atoms with Crippen molar-refractivity contribution < 1.29 is 9.53 Å². The van der Waals surface area contributed by atoms with E-state index in [1.165, 1.54) is 6.42 Å². The fourth-order valence-corrected chi connectivity index (χ4v) is 2.47. The van der Waals surface area contributed by atoms with Crippen LogP contribution in [-0.2, 0) is 4.74 Å². The van der Waals surface area contributed by atoms with E-state index in [1.54, 1.807) is 0 Å². The minimum absolute atomic E-state index is 0.154. The first-order valence-electron chi connectivity index (χ1n) is 5.37. The Labute approximate surface area is 84.7 Å². The Morgan fingerprint density at radius 1 is 1.50 bits per heavy atom. The largest absolute Gasteiger partial charge is 0.450 e. The van der Waals surface area contributed by atoms with Crippen LogP contribution in [0.3, 0.4) is 0 Å². The predicted octanol–water partition coefficient (Wildman–Crippen LogP) is 2.18. The summed E-state index contributed by atoms with van der Waals surface area (Å²) in [5, 5.41) is 0. The number of fused-ring (bicyclic) bond motifs is 2. The number of hydrogen-bond donors (Lipinski definition) is 0. The highest BCUT2D eigenvalue weighted by molar-refractivity contribution is 5.69. The summed E-state index contributed by atoms with van der Waals surface area (Å²) in [4.78, 5) is 13.6. The summed E-state index contributed by atoms with van der Waals surface area (Å²) >= 11 is 0. The smallest absolute Gasteiger partial charge is 0.410 e. The van der Waals surface area contributed by atoms with E-state index in [1.807, 2.05) is 11.8 Å². The molecule has 1 saturated heterocycles. The minimum Gasteiger partial charge on any atom is -0.450 e. The van der Waals surface area contributed by atoms with Gasteiger partial charge in [0.25, 0.3) is 0 Å². The number of rotatable bonds is 1. The summed E-state index contributed by atoms with van der Waals surface area (Å²) in [6, 6.07) is 0.576. The Bertz CT molecular complexity index is 262. The molecule has 1 aliphatic carbocycles. The molecule has 0 radical (unpaired) electrons. The van der Waals surface area contributed by atoms with E-state index in [0.29, 0.717) is 18.6 Å². The summed E-state index contributed by atoms with van der Waals surface area (Å²) < 4.78 is 5.06. The van der Waals surface area contributed by atoms with Crippen molar-refractivity contribution in [2.24, 2.45) is 5.92 Å². The van der Waals surface area contributed by atoms with Crippen LogP contribution < -0.4 is 0 Å². The molecule has 3 aliphatic rings. The molecule has 0 aromatic rings. The summed E-state index contributed by atoms with van der Waals surface area (Å²) in [5.41, 5.74) is 0. The fraction of sp³-hybridized carbons (Fsp3) is 0.727. The van der Waals surface area contributed by atoms with Gasteiger partial charge in [-0.15, -0.1) is 0 Å². The van der Waals surface area contributed by atoms with Gasteiger partial charge in [0.1, 0.15) is 0 Å². The molecule has 0 aromatic heterocycles. The quantitative estimate of drug-likeness (QED) is 0.600. The summed E-state index contributed by atoms with van der Waals surface area (Å²) in [6.45, 7) is 4.42. The van der Waals surface area contributed by atoms with E-state index in [4.69, 9.17) is 4.74 Å². The first kappa shape index (κ1) is 9.56. The lowest BCUT2D eigenvalue weighted by atomic mass is 9.81. The van der Waals surface area contributed by atoms with Gasteiger partial charge >= 0.3 is 6.09 Å². The van der Waals surface area contributed by atoms with E-state index in [0.717, 1.165) is 6.42 Å². The predicted molar refractivity (Wildman–Crippen MR) is 54.0 cm³/mol. The van der Waals surface area contributed by atoms with Crippen LogP contribution in [0.15, 0.2) is 12.2 Å². The molecule has 2 heterocycles. The lowest BCUT2D eigenvalue weighted by Gasteiger charge is -2.45. The molecule has 3 heteroatoms. The molecular formula is C11H17NO2. The molecule has 78 valence electrons. The zero-order chi connectivity index (χ0) is 10.1. The van der Waals surface area contributed by atoms with Gasteiger partial charge in [0.15, 0.2) is 0 Å². The highest BCUT2D eigenvalue weighted by atomic mass is 16.6. The van der Waals surface area contributed by atoms with E-state index >= 15 is 0 Å².